The molecule has 0 aliphatic heterocycles. The Labute approximate surface area is 125 Å². The molecule has 112 valence electrons. The summed E-state index contributed by atoms with van der Waals surface area (Å²) in [5.41, 5.74) is 7.52. The number of hydrogen-bond acceptors (Lipinski definition) is 2. The van der Waals surface area contributed by atoms with Crippen LogP contribution in [0.15, 0.2) is 54.7 Å². The maximum Gasteiger partial charge on any atom is 0.416 e. The summed E-state index contributed by atoms with van der Waals surface area (Å²) in [7, 11) is 0. The van der Waals surface area contributed by atoms with Crippen LogP contribution < -0.4 is 5.73 Å². The van der Waals surface area contributed by atoms with E-state index in [-0.39, 0.29) is 0 Å². The smallest absolute Gasteiger partial charge is 0.398 e. The van der Waals surface area contributed by atoms with Crippen LogP contribution in [0, 0.1) is 0 Å². The summed E-state index contributed by atoms with van der Waals surface area (Å²) in [5.74, 6) is 0. The molecule has 0 fully saturated rings. The number of rotatable bonds is 2. The molecule has 0 bridgehead atoms. The number of pyridine rings is 1. The Bertz CT molecular complexity index is 808. The van der Waals surface area contributed by atoms with Crippen LogP contribution in [0.2, 0.25) is 0 Å². The van der Waals surface area contributed by atoms with Crippen molar-refractivity contribution in [2.24, 2.45) is 0 Å². The van der Waals surface area contributed by atoms with Crippen molar-refractivity contribution in [2.75, 3.05) is 5.73 Å². The summed E-state index contributed by atoms with van der Waals surface area (Å²) in [6, 6.07) is 12.5. The minimum absolute atomic E-state index is 0.457. The van der Waals surface area contributed by atoms with Gasteiger partial charge in [0.25, 0.3) is 0 Å². The Kier molecular flexibility index (Phi) is 3.48. The molecule has 0 radical (unpaired) electrons. The number of anilines is 1. The minimum atomic E-state index is -4.31. The highest BCUT2D eigenvalue weighted by atomic mass is 19.4. The number of nitrogens with zero attached hydrogens (tertiary/aromatic N) is 1. The van der Waals surface area contributed by atoms with Crippen molar-refractivity contribution in [3.8, 4) is 0 Å². The van der Waals surface area contributed by atoms with Crippen LogP contribution in [0.1, 0.15) is 16.8 Å². The van der Waals surface area contributed by atoms with E-state index in [4.69, 9.17) is 5.73 Å². The SMILES string of the molecule is Nc1cccc2c(Cc3ccc(C(F)(F)F)cc3)nccc12. The van der Waals surface area contributed by atoms with Crippen LogP contribution in [0.25, 0.3) is 10.8 Å². The lowest BCUT2D eigenvalue weighted by Crippen LogP contribution is -2.04. The third kappa shape index (κ3) is 2.74. The molecule has 0 saturated carbocycles. The summed E-state index contributed by atoms with van der Waals surface area (Å²) in [5, 5.41) is 1.82. The zero-order valence-corrected chi connectivity index (χ0v) is 11.6. The zero-order valence-electron chi connectivity index (χ0n) is 11.6. The molecule has 0 amide bonds. The van der Waals surface area contributed by atoms with Gasteiger partial charge >= 0.3 is 6.18 Å². The van der Waals surface area contributed by atoms with E-state index in [0.717, 1.165) is 34.2 Å². The van der Waals surface area contributed by atoms with E-state index in [2.05, 4.69) is 4.98 Å². The Morgan fingerprint density at radius 2 is 1.64 bits per heavy atom. The third-order valence-electron chi connectivity index (χ3n) is 3.58. The molecule has 2 aromatic carbocycles. The van der Waals surface area contributed by atoms with Gasteiger partial charge in [-0.05, 0) is 29.8 Å². The van der Waals surface area contributed by atoms with Crippen molar-refractivity contribution in [1.29, 1.82) is 0 Å². The van der Waals surface area contributed by atoms with Gasteiger partial charge in [-0.15, -0.1) is 0 Å². The average Bonchev–Trinajstić information content (AvgIpc) is 2.48. The van der Waals surface area contributed by atoms with Crippen molar-refractivity contribution < 1.29 is 13.2 Å². The lowest BCUT2D eigenvalue weighted by Gasteiger charge is -2.09. The molecule has 3 aromatic rings. The van der Waals surface area contributed by atoms with Gasteiger partial charge in [-0.1, -0.05) is 24.3 Å². The molecule has 5 heteroatoms. The van der Waals surface area contributed by atoms with Crippen LogP contribution >= 0.6 is 0 Å². The number of hydrogen-bond donors (Lipinski definition) is 1. The molecule has 0 unspecified atom stereocenters. The molecule has 2 N–H and O–H groups in total. The van der Waals surface area contributed by atoms with Crippen molar-refractivity contribution in [2.45, 2.75) is 12.6 Å². The maximum atomic E-state index is 12.6. The van der Waals surface area contributed by atoms with Gasteiger partial charge in [0.15, 0.2) is 0 Å². The van der Waals surface area contributed by atoms with Gasteiger partial charge < -0.3 is 5.73 Å². The monoisotopic (exact) mass is 302 g/mol. The van der Waals surface area contributed by atoms with Crippen LogP contribution in [0.4, 0.5) is 18.9 Å². The molecule has 0 saturated heterocycles. The molecule has 2 nitrogen and oxygen atoms in total. The van der Waals surface area contributed by atoms with Gasteiger partial charge in [0.05, 0.1) is 11.3 Å². The van der Waals surface area contributed by atoms with E-state index in [1.165, 1.54) is 12.1 Å². The molecule has 0 atom stereocenters. The number of fused-ring (bicyclic) bond motifs is 1. The zero-order chi connectivity index (χ0) is 15.7. The van der Waals surface area contributed by atoms with E-state index >= 15 is 0 Å². The van der Waals surface area contributed by atoms with Gasteiger partial charge in [0.1, 0.15) is 0 Å². The van der Waals surface area contributed by atoms with E-state index in [1.54, 1.807) is 6.20 Å². The van der Waals surface area contributed by atoms with Gasteiger partial charge in [-0.3, -0.25) is 4.98 Å². The molecule has 3 rings (SSSR count). The first kappa shape index (κ1) is 14.4. The summed E-state index contributed by atoms with van der Waals surface area (Å²) >= 11 is 0. The Morgan fingerprint density at radius 1 is 0.909 bits per heavy atom. The lowest BCUT2D eigenvalue weighted by atomic mass is 10.0. The topological polar surface area (TPSA) is 38.9 Å². The van der Waals surface area contributed by atoms with E-state index in [1.807, 2.05) is 24.3 Å². The van der Waals surface area contributed by atoms with Crippen molar-refractivity contribution >= 4 is 16.5 Å². The molecule has 0 aliphatic rings. The fourth-order valence-corrected chi connectivity index (χ4v) is 2.44. The average molecular weight is 302 g/mol. The van der Waals surface area contributed by atoms with Crippen LogP contribution in [-0.2, 0) is 12.6 Å². The number of nitrogens with two attached hydrogens (primary N) is 1. The quantitative estimate of drug-likeness (QED) is 0.711. The standard InChI is InChI=1S/C17H13F3N2/c18-17(19,20)12-6-4-11(5-7-12)10-16-14-2-1-3-15(21)13(14)8-9-22-16/h1-9H,10,21H2. The van der Waals surface area contributed by atoms with E-state index in [0.29, 0.717) is 12.1 Å². The molecule has 0 spiro atoms. The van der Waals surface area contributed by atoms with Crippen LogP contribution in [-0.4, -0.2) is 4.98 Å². The van der Waals surface area contributed by atoms with Gasteiger partial charge in [-0.25, -0.2) is 0 Å². The largest absolute Gasteiger partial charge is 0.416 e. The van der Waals surface area contributed by atoms with Crippen LogP contribution in [0.3, 0.4) is 0 Å². The molecule has 1 aromatic heterocycles. The first-order chi connectivity index (χ1) is 10.4. The van der Waals surface area contributed by atoms with Crippen molar-refractivity contribution in [3.05, 3.63) is 71.5 Å². The van der Waals surface area contributed by atoms with Crippen molar-refractivity contribution in [1.82, 2.24) is 4.98 Å². The minimum Gasteiger partial charge on any atom is -0.398 e. The van der Waals surface area contributed by atoms with Gasteiger partial charge in [-0.2, -0.15) is 13.2 Å². The second-order valence-electron chi connectivity index (χ2n) is 5.07. The normalized spacial score (nSPS) is 11.8. The first-order valence-electron chi connectivity index (χ1n) is 6.73. The Hall–Kier alpha value is -2.56. The van der Waals surface area contributed by atoms with Gasteiger partial charge in [0, 0.05) is 29.1 Å². The summed E-state index contributed by atoms with van der Waals surface area (Å²) < 4.78 is 37.7. The fourth-order valence-electron chi connectivity index (χ4n) is 2.44. The number of benzene rings is 2. The maximum absolute atomic E-state index is 12.6. The summed E-state index contributed by atoms with van der Waals surface area (Å²) in [6.45, 7) is 0. The molecular weight excluding hydrogens is 289 g/mol. The van der Waals surface area contributed by atoms with Crippen molar-refractivity contribution in [3.63, 3.8) is 0 Å². The Balaban J connectivity index is 1.95. The molecular formula is C17H13F3N2. The second-order valence-corrected chi connectivity index (χ2v) is 5.07. The predicted molar refractivity (Wildman–Crippen MR) is 80.4 cm³/mol. The molecule has 22 heavy (non-hydrogen) atoms. The van der Waals surface area contributed by atoms with E-state index < -0.39 is 11.7 Å². The summed E-state index contributed by atoms with van der Waals surface area (Å²) in [4.78, 5) is 4.34. The highest BCUT2D eigenvalue weighted by Gasteiger charge is 2.29. The number of halogens is 3. The number of alkyl halides is 3. The second kappa shape index (κ2) is 5.33. The first-order valence-corrected chi connectivity index (χ1v) is 6.73. The Morgan fingerprint density at radius 3 is 2.32 bits per heavy atom. The fraction of sp³-hybridized carbons (Fsp3) is 0.118. The van der Waals surface area contributed by atoms with E-state index in [9.17, 15) is 13.2 Å². The third-order valence-corrected chi connectivity index (χ3v) is 3.58. The summed E-state index contributed by atoms with van der Waals surface area (Å²) in [6.07, 6.45) is -2.19. The van der Waals surface area contributed by atoms with Gasteiger partial charge in [0.2, 0.25) is 0 Å². The number of nitrogen functional groups attached to an aromatic ring is 1. The van der Waals surface area contributed by atoms with Crippen LogP contribution in [0.5, 0.6) is 0 Å². The highest BCUT2D eigenvalue weighted by molar-refractivity contribution is 5.94. The molecule has 0 aliphatic carbocycles. The lowest BCUT2D eigenvalue weighted by molar-refractivity contribution is -0.137. The number of aromatic nitrogens is 1. The predicted octanol–water partition coefficient (Wildman–Crippen LogP) is 4.43. The highest BCUT2D eigenvalue weighted by Crippen LogP contribution is 2.30. The molecule has 1 heterocycles.